The molecule has 0 aromatic heterocycles. The van der Waals surface area contributed by atoms with E-state index in [1.165, 1.54) is 14.1 Å². The predicted molar refractivity (Wildman–Crippen MR) is 61.0 cm³/mol. The standard InChI is InChI=1S/C10H14F2N.BF4/c1-8-5-4-6-9(7-8)13(2,3)10(11)12;2-1(3,4)5/h4-7,10H,1-3H3;/q+1;-1. The fourth-order valence-electron chi connectivity index (χ4n) is 1.10. The van der Waals surface area contributed by atoms with Gasteiger partial charge in [0.05, 0.1) is 14.1 Å². The Bertz CT molecular complexity index is 371. The van der Waals surface area contributed by atoms with E-state index in [2.05, 4.69) is 0 Å². The molecule has 0 saturated carbocycles. The van der Waals surface area contributed by atoms with Gasteiger partial charge in [0.2, 0.25) is 0 Å². The Kier molecular flexibility index (Phi) is 5.73. The Morgan fingerprint density at radius 2 is 1.50 bits per heavy atom. The Labute approximate surface area is 102 Å². The lowest BCUT2D eigenvalue weighted by molar-refractivity contribution is 0.0127. The number of benzene rings is 1. The van der Waals surface area contributed by atoms with Crippen LogP contribution in [0.2, 0.25) is 0 Å². The number of nitrogens with zero attached hydrogens (tertiary/aromatic N) is 1. The van der Waals surface area contributed by atoms with Crippen LogP contribution in [-0.4, -0.2) is 27.9 Å². The van der Waals surface area contributed by atoms with E-state index in [1.807, 2.05) is 13.0 Å². The number of hydrogen-bond acceptors (Lipinski definition) is 0. The zero-order valence-electron chi connectivity index (χ0n) is 10.2. The molecule has 0 fully saturated rings. The lowest BCUT2D eigenvalue weighted by atomic mass is 10.2. The summed E-state index contributed by atoms with van der Waals surface area (Å²) in [7, 11) is -3.00. The minimum atomic E-state index is -6.00. The van der Waals surface area contributed by atoms with E-state index in [1.54, 1.807) is 18.2 Å². The molecule has 0 aliphatic heterocycles. The van der Waals surface area contributed by atoms with E-state index >= 15 is 0 Å². The predicted octanol–water partition coefficient (Wildman–Crippen LogP) is 4.08. The van der Waals surface area contributed by atoms with Crippen molar-refractivity contribution in [1.82, 2.24) is 4.48 Å². The van der Waals surface area contributed by atoms with Gasteiger partial charge in [-0.2, -0.15) is 8.78 Å². The molecule has 0 amide bonds. The summed E-state index contributed by atoms with van der Waals surface area (Å²) in [6.07, 6.45) is 0. The largest absolute Gasteiger partial charge is 0.673 e. The molecular weight excluding hydrogens is 259 g/mol. The third kappa shape index (κ3) is 6.53. The molecule has 0 saturated heterocycles. The van der Waals surface area contributed by atoms with Crippen molar-refractivity contribution in [1.29, 1.82) is 0 Å². The molecule has 0 aliphatic rings. The zero-order valence-corrected chi connectivity index (χ0v) is 10.2. The fraction of sp³-hybridized carbons (Fsp3) is 0.400. The first kappa shape index (κ1) is 16.8. The summed E-state index contributed by atoms with van der Waals surface area (Å²) in [5.41, 5.74) is 1.64. The van der Waals surface area contributed by atoms with Gasteiger partial charge < -0.3 is 17.3 Å². The van der Waals surface area contributed by atoms with Crippen LogP contribution in [-0.2, 0) is 0 Å². The molecule has 0 aliphatic carbocycles. The normalized spacial score (nSPS) is 12.1. The average Bonchev–Trinajstić information content (AvgIpc) is 2.14. The van der Waals surface area contributed by atoms with Gasteiger partial charge in [0.1, 0.15) is 5.69 Å². The van der Waals surface area contributed by atoms with Crippen molar-refractivity contribution >= 4 is 12.9 Å². The van der Waals surface area contributed by atoms with Gasteiger partial charge in [-0.15, -0.1) is 0 Å². The third-order valence-corrected chi connectivity index (χ3v) is 2.16. The summed E-state index contributed by atoms with van der Waals surface area (Å²) < 4.78 is 63.8. The first-order chi connectivity index (χ1) is 7.94. The second-order valence-corrected chi connectivity index (χ2v) is 4.15. The highest BCUT2D eigenvalue weighted by molar-refractivity contribution is 6.50. The average molecular weight is 273 g/mol. The van der Waals surface area contributed by atoms with E-state index in [0.29, 0.717) is 5.69 Å². The maximum Gasteiger partial charge on any atom is 0.673 e. The molecule has 1 rings (SSSR count). The Hall–Kier alpha value is -1.18. The van der Waals surface area contributed by atoms with Crippen LogP contribution in [0.3, 0.4) is 0 Å². The first-order valence-corrected chi connectivity index (χ1v) is 5.01. The fourth-order valence-corrected chi connectivity index (χ4v) is 1.10. The van der Waals surface area contributed by atoms with Gasteiger partial charge in [0, 0.05) is 6.07 Å². The lowest BCUT2D eigenvalue weighted by Crippen LogP contribution is -2.45. The Balaban J connectivity index is 0.000000494. The van der Waals surface area contributed by atoms with E-state index in [-0.39, 0.29) is 4.48 Å². The molecule has 0 bridgehead atoms. The highest BCUT2D eigenvalue weighted by atomic mass is 19.5. The van der Waals surface area contributed by atoms with Gasteiger partial charge >= 0.3 is 13.8 Å². The number of aryl methyl sites for hydroxylation is 1. The number of quaternary nitrogens is 1. The third-order valence-electron chi connectivity index (χ3n) is 2.16. The van der Waals surface area contributed by atoms with Crippen LogP contribution in [0, 0.1) is 6.92 Å². The van der Waals surface area contributed by atoms with Gasteiger partial charge in [0.25, 0.3) is 0 Å². The van der Waals surface area contributed by atoms with Crippen molar-refractivity contribution < 1.29 is 26.0 Å². The minimum Gasteiger partial charge on any atom is -0.418 e. The molecule has 1 aromatic rings. The van der Waals surface area contributed by atoms with Crippen LogP contribution in [0.5, 0.6) is 0 Å². The Morgan fingerprint density at radius 3 is 1.83 bits per heavy atom. The number of halogens is 6. The van der Waals surface area contributed by atoms with Gasteiger partial charge in [-0.25, -0.2) is 4.48 Å². The van der Waals surface area contributed by atoms with Gasteiger partial charge in [0.15, 0.2) is 0 Å². The summed E-state index contributed by atoms with van der Waals surface area (Å²) in [6.45, 7) is -0.489. The lowest BCUT2D eigenvalue weighted by Gasteiger charge is -2.27. The van der Waals surface area contributed by atoms with E-state index in [4.69, 9.17) is 0 Å². The van der Waals surface area contributed by atoms with Crippen molar-refractivity contribution in [2.45, 2.75) is 13.5 Å². The summed E-state index contributed by atoms with van der Waals surface area (Å²) >= 11 is 0. The number of alkyl halides is 2. The molecule has 0 spiro atoms. The maximum absolute atomic E-state index is 12.6. The Morgan fingerprint density at radius 1 is 1.06 bits per heavy atom. The quantitative estimate of drug-likeness (QED) is 0.329. The van der Waals surface area contributed by atoms with Gasteiger partial charge in [-0.3, -0.25) is 0 Å². The van der Waals surface area contributed by atoms with Gasteiger partial charge in [-0.1, -0.05) is 12.1 Å². The summed E-state index contributed by atoms with van der Waals surface area (Å²) in [5.74, 6) is 0. The second kappa shape index (κ2) is 6.13. The zero-order chi connectivity index (χ0) is 14.6. The minimum absolute atomic E-state index is 0.387. The highest BCUT2D eigenvalue weighted by Crippen LogP contribution is 2.24. The van der Waals surface area contributed by atoms with Crippen LogP contribution >= 0.6 is 0 Å². The molecule has 8 heteroatoms. The van der Waals surface area contributed by atoms with Crippen LogP contribution in [0.15, 0.2) is 24.3 Å². The molecular formula is C10H14BF6N. The molecule has 0 atom stereocenters. The van der Waals surface area contributed by atoms with Gasteiger partial charge in [-0.05, 0) is 18.6 Å². The molecule has 0 heterocycles. The summed E-state index contributed by atoms with van der Waals surface area (Å²) in [6, 6.07) is 7.20. The molecule has 0 N–H and O–H groups in total. The molecule has 18 heavy (non-hydrogen) atoms. The van der Waals surface area contributed by atoms with E-state index in [0.717, 1.165) is 5.56 Å². The van der Waals surface area contributed by atoms with Crippen molar-refractivity contribution in [3.8, 4) is 0 Å². The van der Waals surface area contributed by atoms with Crippen molar-refractivity contribution in [2.24, 2.45) is 0 Å². The molecule has 0 radical (unpaired) electrons. The summed E-state index contributed by atoms with van der Waals surface area (Å²) in [4.78, 5) is 0. The number of rotatable bonds is 2. The van der Waals surface area contributed by atoms with Crippen molar-refractivity contribution in [3.05, 3.63) is 29.8 Å². The topological polar surface area (TPSA) is 0 Å². The van der Waals surface area contributed by atoms with E-state index < -0.39 is 13.8 Å². The maximum atomic E-state index is 12.6. The second-order valence-electron chi connectivity index (χ2n) is 4.15. The van der Waals surface area contributed by atoms with E-state index in [9.17, 15) is 26.0 Å². The molecule has 0 unspecified atom stereocenters. The molecule has 1 nitrogen and oxygen atoms in total. The molecule has 104 valence electrons. The van der Waals surface area contributed by atoms with Crippen molar-refractivity contribution in [2.75, 3.05) is 14.1 Å². The van der Waals surface area contributed by atoms with Crippen molar-refractivity contribution in [3.63, 3.8) is 0 Å². The summed E-state index contributed by atoms with van der Waals surface area (Å²) in [5, 5.41) is 0. The number of hydrogen-bond donors (Lipinski definition) is 0. The molecule has 1 aromatic carbocycles. The van der Waals surface area contributed by atoms with Crippen LogP contribution in [0.1, 0.15) is 5.56 Å². The first-order valence-electron chi connectivity index (χ1n) is 5.01. The SMILES string of the molecule is Cc1cccc([N+](C)(C)C(F)F)c1.F[B-](F)(F)F. The van der Waals surface area contributed by atoms with Crippen LogP contribution in [0.25, 0.3) is 0 Å². The highest BCUT2D eigenvalue weighted by Gasteiger charge is 2.29. The van der Waals surface area contributed by atoms with Crippen LogP contribution < -0.4 is 4.48 Å². The van der Waals surface area contributed by atoms with Crippen LogP contribution in [0.4, 0.5) is 31.7 Å². The smallest absolute Gasteiger partial charge is 0.418 e. The monoisotopic (exact) mass is 273 g/mol.